The SMILES string of the molecule is CC1(O)CCCN(C(=O)N2CCCN(CC(=O)O)CC2)C1. The van der Waals surface area contributed by atoms with Gasteiger partial charge >= 0.3 is 12.0 Å². The lowest BCUT2D eigenvalue weighted by Gasteiger charge is -2.39. The van der Waals surface area contributed by atoms with Crippen LogP contribution in [0, 0.1) is 0 Å². The monoisotopic (exact) mass is 299 g/mol. The molecule has 2 N–H and O–H groups in total. The van der Waals surface area contributed by atoms with Gasteiger partial charge in [0.15, 0.2) is 0 Å². The van der Waals surface area contributed by atoms with Crippen LogP contribution in [0.15, 0.2) is 0 Å². The molecular formula is C14H25N3O4. The highest BCUT2D eigenvalue weighted by molar-refractivity contribution is 5.74. The Labute approximate surface area is 125 Å². The highest BCUT2D eigenvalue weighted by atomic mass is 16.4. The third-order valence-electron chi connectivity index (χ3n) is 4.16. The number of carbonyl (C=O) groups excluding carboxylic acids is 1. The molecule has 0 aromatic carbocycles. The molecule has 0 aliphatic carbocycles. The molecule has 0 radical (unpaired) electrons. The molecule has 1 unspecified atom stereocenters. The van der Waals surface area contributed by atoms with Crippen molar-refractivity contribution >= 4 is 12.0 Å². The van der Waals surface area contributed by atoms with Crippen molar-refractivity contribution < 1.29 is 19.8 Å². The van der Waals surface area contributed by atoms with Gasteiger partial charge in [0.25, 0.3) is 0 Å². The summed E-state index contributed by atoms with van der Waals surface area (Å²) in [5.41, 5.74) is -0.797. The van der Waals surface area contributed by atoms with Crippen LogP contribution in [0.5, 0.6) is 0 Å². The van der Waals surface area contributed by atoms with Gasteiger partial charge in [-0.05, 0) is 26.2 Å². The fraction of sp³-hybridized carbons (Fsp3) is 0.857. The summed E-state index contributed by atoms with van der Waals surface area (Å²) in [5, 5.41) is 18.9. The van der Waals surface area contributed by atoms with Crippen molar-refractivity contribution in [3.05, 3.63) is 0 Å². The molecule has 0 saturated carbocycles. The van der Waals surface area contributed by atoms with Crippen LogP contribution in [0.3, 0.4) is 0 Å². The number of piperidine rings is 1. The summed E-state index contributed by atoms with van der Waals surface area (Å²) >= 11 is 0. The Hall–Kier alpha value is -1.34. The number of rotatable bonds is 2. The van der Waals surface area contributed by atoms with Gasteiger partial charge in [-0.2, -0.15) is 0 Å². The average Bonchev–Trinajstić information content (AvgIpc) is 2.61. The van der Waals surface area contributed by atoms with E-state index in [2.05, 4.69) is 0 Å². The molecule has 0 aromatic heterocycles. The normalized spacial score (nSPS) is 28.3. The molecule has 2 rings (SSSR count). The number of aliphatic hydroxyl groups is 1. The van der Waals surface area contributed by atoms with Gasteiger partial charge < -0.3 is 20.0 Å². The predicted molar refractivity (Wildman–Crippen MR) is 77.1 cm³/mol. The molecule has 2 amide bonds. The second-order valence-electron chi connectivity index (χ2n) is 6.32. The Kier molecular flexibility index (Phi) is 5.05. The molecule has 21 heavy (non-hydrogen) atoms. The van der Waals surface area contributed by atoms with E-state index in [1.807, 2.05) is 4.90 Å². The number of hydrogen-bond donors (Lipinski definition) is 2. The maximum absolute atomic E-state index is 12.5. The van der Waals surface area contributed by atoms with E-state index < -0.39 is 11.6 Å². The fourth-order valence-electron chi connectivity index (χ4n) is 3.09. The summed E-state index contributed by atoms with van der Waals surface area (Å²) in [4.78, 5) is 28.6. The van der Waals surface area contributed by atoms with Crippen molar-refractivity contribution in [3.8, 4) is 0 Å². The lowest BCUT2D eigenvalue weighted by atomic mass is 9.95. The van der Waals surface area contributed by atoms with Crippen molar-refractivity contribution in [2.45, 2.75) is 31.8 Å². The topological polar surface area (TPSA) is 84.3 Å². The van der Waals surface area contributed by atoms with Crippen LogP contribution in [-0.4, -0.2) is 88.3 Å². The van der Waals surface area contributed by atoms with Crippen LogP contribution in [0.2, 0.25) is 0 Å². The Balaban J connectivity index is 1.89. The number of hydrogen-bond acceptors (Lipinski definition) is 4. The number of urea groups is 1. The van der Waals surface area contributed by atoms with Crippen molar-refractivity contribution in [1.82, 2.24) is 14.7 Å². The zero-order valence-electron chi connectivity index (χ0n) is 12.6. The maximum Gasteiger partial charge on any atom is 0.320 e. The first-order valence-corrected chi connectivity index (χ1v) is 7.58. The minimum atomic E-state index is -0.832. The second-order valence-corrected chi connectivity index (χ2v) is 6.32. The van der Waals surface area contributed by atoms with Gasteiger partial charge in [-0.1, -0.05) is 0 Å². The molecule has 2 heterocycles. The molecule has 0 spiro atoms. The van der Waals surface area contributed by atoms with Gasteiger partial charge in [0, 0.05) is 32.7 Å². The number of β-amino-alcohol motifs (C(OH)–C–C–N with tert-alkyl or cyclic N) is 1. The quantitative estimate of drug-likeness (QED) is 0.752. The smallest absolute Gasteiger partial charge is 0.320 e. The molecule has 0 aromatic rings. The molecule has 1 atom stereocenters. The van der Waals surface area contributed by atoms with E-state index >= 15 is 0 Å². The number of carboxylic acid groups (broad SMARTS) is 1. The van der Waals surface area contributed by atoms with Crippen LogP contribution < -0.4 is 0 Å². The van der Waals surface area contributed by atoms with Gasteiger partial charge in [-0.25, -0.2) is 4.79 Å². The number of carboxylic acids is 1. The summed E-state index contributed by atoms with van der Waals surface area (Å²) in [7, 11) is 0. The molecule has 120 valence electrons. The second kappa shape index (κ2) is 6.62. The summed E-state index contributed by atoms with van der Waals surface area (Å²) in [6.45, 7) is 5.34. The van der Waals surface area contributed by atoms with Crippen molar-refractivity contribution in [2.75, 3.05) is 45.8 Å². The largest absolute Gasteiger partial charge is 0.480 e. The number of likely N-dealkylation sites (tertiary alicyclic amines) is 1. The van der Waals surface area contributed by atoms with E-state index in [0.717, 1.165) is 19.3 Å². The summed E-state index contributed by atoms with van der Waals surface area (Å²) < 4.78 is 0. The first-order chi connectivity index (χ1) is 9.87. The minimum absolute atomic E-state index is 0.0282. The van der Waals surface area contributed by atoms with Crippen LogP contribution in [0.25, 0.3) is 0 Å². The Morgan fingerprint density at radius 3 is 2.43 bits per heavy atom. The number of aliphatic carboxylic acids is 1. The predicted octanol–water partition coefficient (Wildman–Crippen LogP) is 0.0455. The van der Waals surface area contributed by atoms with Gasteiger partial charge in [-0.3, -0.25) is 9.69 Å². The molecule has 2 aliphatic heterocycles. The summed E-state index contributed by atoms with van der Waals surface area (Å²) in [5.74, 6) is -0.832. The highest BCUT2D eigenvalue weighted by Crippen LogP contribution is 2.21. The third-order valence-corrected chi connectivity index (χ3v) is 4.16. The minimum Gasteiger partial charge on any atom is -0.480 e. The molecule has 2 saturated heterocycles. The van der Waals surface area contributed by atoms with E-state index in [0.29, 0.717) is 39.3 Å². The van der Waals surface area contributed by atoms with E-state index in [9.17, 15) is 14.7 Å². The van der Waals surface area contributed by atoms with E-state index in [1.54, 1.807) is 16.7 Å². The molecule has 0 bridgehead atoms. The van der Waals surface area contributed by atoms with Gasteiger partial charge in [0.05, 0.1) is 18.7 Å². The van der Waals surface area contributed by atoms with Gasteiger partial charge in [-0.15, -0.1) is 0 Å². The van der Waals surface area contributed by atoms with E-state index in [-0.39, 0.29) is 12.6 Å². The first-order valence-electron chi connectivity index (χ1n) is 7.58. The first kappa shape index (κ1) is 16.0. The lowest BCUT2D eigenvalue weighted by molar-refractivity contribution is -0.138. The third kappa shape index (κ3) is 4.57. The average molecular weight is 299 g/mol. The maximum atomic E-state index is 12.5. The van der Waals surface area contributed by atoms with Crippen LogP contribution in [-0.2, 0) is 4.79 Å². The molecule has 2 aliphatic rings. The Morgan fingerprint density at radius 2 is 1.76 bits per heavy atom. The standard InChI is InChI=1S/C14H25N3O4/c1-14(21)4-2-6-17(11-14)13(20)16-7-3-5-15(8-9-16)10-12(18)19/h21H,2-11H2,1H3,(H,18,19). The van der Waals surface area contributed by atoms with E-state index in [4.69, 9.17) is 5.11 Å². The van der Waals surface area contributed by atoms with Crippen LogP contribution >= 0.6 is 0 Å². The van der Waals surface area contributed by atoms with Crippen LogP contribution in [0.4, 0.5) is 4.79 Å². The highest BCUT2D eigenvalue weighted by Gasteiger charge is 2.33. The number of carbonyl (C=O) groups is 2. The summed E-state index contributed by atoms with van der Waals surface area (Å²) in [6.07, 6.45) is 2.32. The molecule has 7 nitrogen and oxygen atoms in total. The van der Waals surface area contributed by atoms with Gasteiger partial charge in [0.2, 0.25) is 0 Å². The Bertz CT molecular complexity index is 400. The molecule has 2 fully saturated rings. The van der Waals surface area contributed by atoms with Crippen molar-refractivity contribution in [2.24, 2.45) is 0 Å². The zero-order chi connectivity index (χ0) is 15.5. The molecular weight excluding hydrogens is 274 g/mol. The van der Waals surface area contributed by atoms with Crippen LogP contribution in [0.1, 0.15) is 26.2 Å². The fourth-order valence-corrected chi connectivity index (χ4v) is 3.09. The zero-order valence-corrected chi connectivity index (χ0v) is 12.6. The van der Waals surface area contributed by atoms with Crippen molar-refractivity contribution in [1.29, 1.82) is 0 Å². The summed E-state index contributed by atoms with van der Waals surface area (Å²) in [6, 6.07) is -0.0350. The molecule has 7 heteroatoms. The van der Waals surface area contributed by atoms with Gasteiger partial charge in [0.1, 0.15) is 0 Å². The lowest BCUT2D eigenvalue weighted by Crippen LogP contribution is -2.53. The van der Waals surface area contributed by atoms with Crippen molar-refractivity contribution in [3.63, 3.8) is 0 Å². The van der Waals surface area contributed by atoms with E-state index in [1.165, 1.54) is 0 Å². The number of nitrogens with zero attached hydrogens (tertiary/aromatic N) is 3. The Morgan fingerprint density at radius 1 is 1.05 bits per heavy atom. The number of amides is 2.